The number of aliphatic hydroxyl groups excluding tert-OH is 14. The van der Waals surface area contributed by atoms with E-state index in [1.165, 1.54) is 35.3 Å². The monoisotopic (exact) mass is 1180 g/mol. The van der Waals surface area contributed by atoms with E-state index in [4.69, 9.17) is 50.1 Å². The second-order valence-electron chi connectivity index (χ2n) is 19.5. The molecule has 6 fully saturated rings. The average molecular weight is 1180 g/mol. The molecule has 440 valence electrons. The van der Waals surface area contributed by atoms with E-state index in [-0.39, 0.29) is 58.2 Å². The van der Waals surface area contributed by atoms with Gasteiger partial charge in [0.05, 0.1) is 57.3 Å². The van der Waals surface area contributed by atoms with Gasteiger partial charge in [0.2, 0.25) is 0 Å². The molecule has 0 saturated carbocycles. The van der Waals surface area contributed by atoms with Gasteiger partial charge in [-0.15, -0.1) is 35.3 Å². The minimum atomic E-state index is -1.49. The summed E-state index contributed by atoms with van der Waals surface area (Å²) >= 11 is 11.0. The molecule has 24 nitrogen and oxygen atoms in total. The van der Waals surface area contributed by atoms with Crippen LogP contribution in [0.3, 0.4) is 0 Å². The van der Waals surface area contributed by atoms with Gasteiger partial charge in [0.25, 0.3) is 0 Å². The van der Waals surface area contributed by atoms with Crippen molar-refractivity contribution in [3.05, 3.63) is 0 Å². The molecule has 0 aromatic heterocycles. The minimum absolute atomic E-state index is 0.107. The molecular formula is C46H84N2O22S5. The van der Waals surface area contributed by atoms with E-state index in [0.29, 0.717) is 66.3 Å². The van der Waals surface area contributed by atoms with Crippen LogP contribution in [-0.2, 0) is 37.9 Å². The number of nitrogens with one attached hydrogen (secondary N) is 2. The first-order chi connectivity index (χ1) is 36.1. The highest BCUT2D eigenvalue weighted by Gasteiger charge is 2.47. The highest BCUT2D eigenvalue weighted by molar-refractivity contribution is 8.00. The molecule has 9 unspecified atom stereocenters. The first-order valence-electron chi connectivity index (χ1n) is 25.8. The average Bonchev–Trinajstić information content (AvgIpc) is 3.41. The number of hydrogen-bond acceptors (Lipinski definition) is 27. The molecule has 29 heteroatoms. The number of rotatable bonds is 31. The largest absolute Gasteiger partial charge is 0.394 e. The lowest BCUT2D eigenvalue weighted by atomic mass is 9.85. The van der Waals surface area contributed by atoms with E-state index < -0.39 is 133 Å². The lowest BCUT2D eigenvalue weighted by molar-refractivity contribution is -0.284. The summed E-state index contributed by atoms with van der Waals surface area (Å²) in [6, 6.07) is 0. The van der Waals surface area contributed by atoms with Gasteiger partial charge in [0, 0.05) is 56.9 Å². The molecule has 20 atom stereocenters. The summed E-state index contributed by atoms with van der Waals surface area (Å²) in [6.07, 6.45) is -14.4. The van der Waals surface area contributed by atoms with E-state index in [2.05, 4.69) is 10.6 Å². The molecular weight excluding hydrogens is 1090 g/mol. The minimum Gasteiger partial charge on any atom is -0.394 e. The third-order valence-corrected chi connectivity index (χ3v) is 18.7. The van der Waals surface area contributed by atoms with Crippen molar-refractivity contribution in [1.82, 2.24) is 10.6 Å². The number of thioether (sulfide) groups is 4. The number of thiocarbonyl (C=S) groups is 1. The molecule has 0 radical (unpaired) electrons. The van der Waals surface area contributed by atoms with Gasteiger partial charge in [0.1, 0.15) is 95.7 Å². The molecule has 6 aliphatic heterocycles. The maximum Gasteiger partial charge on any atom is 0.186 e. The fourth-order valence-corrected chi connectivity index (χ4v) is 13.5. The number of fused-ring (bicyclic) bond motifs is 7. The Balaban J connectivity index is 1.18. The maximum atomic E-state index is 10.9. The van der Waals surface area contributed by atoms with Crippen molar-refractivity contribution in [2.24, 2.45) is 11.3 Å². The van der Waals surface area contributed by atoms with Crippen LogP contribution in [0, 0.1) is 11.3 Å². The van der Waals surface area contributed by atoms with Gasteiger partial charge < -0.3 is 120 Å². The van der Waals surface area contributed by atoms with E-state index in [9.17, 15) is 71.5 Å². The number of ether oxygens (including phenoxy) is 8. The van der Waals surface area contributed by atoms with Crippen LogP contribution >= 0.6 is 59.3 Å². The second-order valence-corrected chi connectivity index (χ2v) is 24.7. The van der Waals surface area contributed by atoms with Crippen molar-refractivity contribution in [2.75, 3.05) is 108 Å². The highest BCUT2D eigenvalue weighted by atomic mass is 32.2. The van der Waals surface area contributed by atoms with E-state index >= 15 is 0 Å². The summed E-state index contributed by atoms with van der Waals surface area (Å²) in [5.41, 5.74) is -3.57. The van der Waals surface area contributed by atoms with Crippen LogP contribution in [0.15, 0.2) is 0 Å². The normalized spacial score (nSPS) is 38.5. The molecule has 0 spiro atoms. The summed E-state index contributed by atoms with van der Waals surface area (Å²) in [7, 11) is 0. The van der Waals surface area contributed by atoms with Crippen molar-refractivity contribution in [3.8, 4) is 0 Å². The molecule has 6 aliphatic rings. The Hall–Kier alpha value is 0.210. The van der Waals surface area contributed by atoms with E-state index in [1.54, 1.807) is 11.8 Å². The number of hydrogen-bond donors (Lipinski definition) is 16. The van der Waals surface area contributed by atoms with Crippen LogP contribution in [0.2, 0.25) is 0 Å². The van der Waals surface area contributed by atoms with Gasteiger partial charge in [-0.05, 0) is 61.6 Å². The Kier molecular flexibility index (Phi) is 30.5. The van der Waals surface area contributed by atoms with Gasteiger partial charge in [-0.25, -0.2) is 0 Å². The molecule has 2 bridgehead atoms. The Morgan fingerprint density at radius 2 is 0.960 bits per heavy atom. The first kappa shape index (κ1) is 66.0. The van der Waals surface area contributed by atoms with Crippen molar-refractivity contribution < 1.29 is 109 Å². The molecule has 75 heavy (non-hydrogen) atoms. The fraction of sp³-hybridized carbons (Fsp3) is 0.978. The van der Waals surface area contributed by atoms with Crippen LogP contribution in [0.5, 0.6) is 0 Å². The summed E-state index contributed by atoms with van der Waals surface area (Å²) in [6.45, 7) is 0.581. The standard InChI is InChI=1S/C46H84N2O22S5/c49-17-26-31(53)34(56)38(60)42(68-26)73-13-4-9-63-22-46(23-64-10-5-14-74-43-39(61)35(57)32(54)27(18-50)69-43,24-65-11-6-15-75-44-40(62)36(58)33(55)28(19-51)70-44)21-48-45(71)47-8-16-72-20-29-25-7-2-1-3-12-66-41(67-29)37(59)30(25)52/h25-44,49-62H,1-24H2,(H2,47,48,71)/t25?,26?,27?,28?,29?,30-,31+,32+,33+,34?,35?,36?,37?,38-,39-,40+,41-,42-,43-,44+,46?/m0/s1. The van der Waals surface area contributed by atoms with Gasteiger partial charge in [-0.3, -0.25) is 0 Å². The van der Waals surface area contributed by atoms with Crippen molar-refractivity contribution in [2.45, 2.75) is 159 Å². The summed E-state index contributed by atoms with van der Waals surface area (Å²) in [5, 5.41) is 150. The third-order valence-electron chi connectivity index (χ3n) is 13.7. The van der Waals surface area contributed by atoms with Crippen LogP contribution in [-0.4, -0.2) is 299 Å². The topological polar surface area (TPSA) is 381 Å². The van der Waals surface area contributed by atoms with Gasteiger partial charge in [-0.2, -0.15) is 11.8 Å². The second kappa shape index (κ2) is 34.6. The van der Waals surface area contributed by atoms with Crippen molar-refractivity contribution in [3.63, 3.8) is 0 Å². The Morgan fingerprint density at radius 1 is 0.507 bits per heavy atom. The van der Waals surface area contributed by atoms with E-state index in [0.717, 1.165) is 25.7 Å². The highest BCUT2D eigenvalue weighted by Crippen LogP contribution is 2.35. The molecule has 6 saturated heterocycles. The molecule has 0 aromatic carbocycles. The van der Waals surface area contributed by atoms with Crippen LogP contribution in [0.4, 0.5) is 0 Å². The molecule has 0 aliphatic carbocycles. The van der Waals surface area contributed by atoms with Crippen LogP contribution in [0.25, 0.3) is 0 Å². The third kappa shape index (κ3) is 20.0. The fourth-order valence-electron chi connectivity index (χ4n) is 9.11. The Morgan fingerprint density at radius 3 is 1.40 bits per heavy atom. The van der Waals surface area contributed by atoms with Crippen molar-refractivity contribution >= 4 is 64.4 Å². The molecule has 0 aromatic rings. The maximum absolute atomic E-state index is 10.9. The Labute approximate surface area is 460 Å². The lowest BCUT2D eigenvalue weighted by Crippen LogP contribution is -2.57. The summed E-state index contributed by atoms with van der Waals surface area (Å²) in [4.78, 5) is 0. The summed E-state index contributed by atoms with van der Waals surface area (Å²) in [5.74, 6) is 2.28. The van der Waals surface area contributed by atoms with Gasteiger partial charge in [-0.1, -0.05) is 12.8 Å². The smallest absolute Gasteiger partial charge is 0.186 e. The van der Waals surface area contributed by atoms with E-state index in [1.807, 2.05) is 0 Å². The predicted molar refractivity (Wildman–Crippen MR) is 282 cm³/mol. The van der Waals surface area contributed by atoms with Crippen molar-refractivity contribution in [1.29, 1.82) is 0 Å². The van der Waals surface area contributed by atoms with Gasteiger partial charge >= 0.3 is 0 Å². The summed E-state index contributed by atoms with van der Waals surface area (Å²) < 4.78 is 47.7. The van der Waals surface area contributed by atoms with Crippen LogP contribution < -0.4 is 10.6 Å². The molecule has 6 heterocycles. The van der Waals surface area contributed by atoms with Crippen LogP contribution in [0.1, 0.15) is 44.9 Å². The zero-order valence-electron chi connectivity index (χ0n) is 42.1. The van der Waals surface area contributed by atoms with Gasteiger partial charge in [0.15, 0.2) is 11.4 Å². The lowest BCUT2D eigenvalue weighted by Gasteiger charge is -2.43. The Bertz CT molecular complexity index is 1460. The molecule has 0 amide bonds. The quantitative estimate of drug-likeness (QED) is 0.0230. The SMILES string of the molecule is OCC1O[C@H](SCCCOCC(CNC(=S)NCCSCC2O[C@@H]3OCCCCCC2[C@H](O)C3O)(COCCCS[C@@H]2OC(CO)[C@@H](O)C(O)[C@@H]2O)COCCCS[C@@H]2OC(CO)[C@@H](O)C(O)[C@@H]2O)[C@H](O)C(O)[C@@H]1O. The predicted octanol–water partition coefficient (Wildman–Crippen LogP) is -4.36. The number of aliphatic hydroxyl groups is 14. The molecule has 6 rings (SSSR count). The zero-order chi connectivity index (χ0) is 54.5. The molecule has 16 N–H and O–H groups in total. The first-order valence-corrected chi connectivity index (χ1v) is 30.5. The zero-order valence-corrected chi connectivity index (χ0v) is 46.2.